The van der Waals surface area contributed by atoms with Gasteiger partial charge in [0.15, 0.2) is 29.2 Å². The van der Waals surface area contributed by atoms with Crippen molar-refractivity contribution in [3.05, 3.63) is 48.3 Å². The molecule has 2 rings (SSSR count). The quantitative estimate of drug-likeness (QED) is 0.655. The minimum atomic E-state index is -4.07. The van der Waals surface area contributed by atoms with Crippen molar-refractivity contribution in [3.8, 4) is 17.2 Å². The Bertz CT molecular complexity index is 919. The molecule has 0 bridgehead atoms. The summed E-state index contributed by atoms with van der Waals surface area (Å²) in [5.74, 6) is -0.997. The van der Waals surface area contributed by atoms with Gasteiger partial charge in [0.05, 0.1) is 19.1 Å². The van der Waals surface area contributed by atoms with Gasteiger partial charge in [-0.05, 0) is 31.2 Å². The fraction of sp³-hybridized carbons (Fsp3) is 0.235. The summed E-state index contributed by atoms with van der Waals surface area (Å²) in [7, 11) is -1.29. The number of carbonyl (C=O) groups excluding carboxylic acids is 1. The van der Waals surface area contributed by atoms with Crippen LogP contribution in [0.15, 0.2) is 47.4 Å². The van der Waals surface area contributed by atoms with E-state index < -0.39 is 27.9 Å². The second-order valence-corrected chi connectivity index (χ2v) is 6.98. The molecule has 1 atom stereocenters. The highest BCUT2D eigenvalue weighted by molar-refractivity contribution is 7.89. The molecule has 0 fully saturated rings. The molecule has 0 saturated carbocycles. The predicted molar refractivity (Wildman–Crippen MR) is 94.5 cm³/mol. The van der Waals surface area contributed by atoms with Crippen LogP contribution in [0.25, 0.3) is 0 Å². The zero-order valence-corrected chi connectivity index (χ0v) is 15.7. The number of hydrogen-bond acceptors (Lipinski definition) is 6. The van der Waals surface area contributed by atoms with Crippen LogP contribution in [0.5, 0.6) is 17.2 Å². The van der Waals surface area contributed by atoms with E-state index in [1.165, 1.54) is 57.5 Å². The fourth-order valence-corrected chi connectivity index (χ4v) is 2.91. The van der Waals surface area contributed by atoms with Crippen LogP contribution in [0.2, 0.25) is 0 Å². The smallest absolute Gasteiger partial charge is 0.275 e. The maximum absolute atomic E-state index is 13.6. The van der Waals surface area contributed by atoms with Crippen molar-refractivity contribution in [2.24, 2.45) is 0 Å². The Balaban J connectivity index is 2.04. The molecule has 0 spiro atoms. The monoisotopic (exact) mass is 398 g/mol. The number of nitrogens with one attached hydrogen (secondary N) is 2. The Morgan fingerprint density at radius 2 is 1.70 bits per heavy atom. The number of amides is 1. The number of benzene rings is 2. The summed E-state index contributed by atoms with van der Waals surface area (Å²) in [6.07, 6.45) is -1.14. The van der Waals surface area contributed by atoms with Gasteiger partial charge in [0.2, 0.25) is 0 Å². The third kappa shape index (κ3) is 5.08. The van der Waals surface area contributed by atoms with Crippen LogP contribution < -0.4 is 24.5 Å². The number of sulfonamides is 1. The van der Waals surface area contributed by atoms with Crippen molar-refractivity contribution in [3.63, 3.8) is 0 Å². The van der Waals surface area contributed by atoms with Crippen LogP contribution in [-0.4, -0.2) is 34.6 Å². The Hall–Kier alpha value is -2.85. The average Bonchev–Trinajstić information content (AvgIpc) is 2.67. The molecule has 1 amide bonds. The first-order chi connectivity index (χ1) is 12.8. The topological polar surface area (TPSA) is 103 Å². The van der Waals surface area contributed by atoms with E-state index in [0.717, 1.165) is 0 Å². The van der Waals surface area contributed by atoms with E-state index in [4.69, 9.17) is 14.2 Å². The summed E-state index contributed by atoms with van der Waals surface area (Å²) in [6, 6.07) is 9.50. The summed E-state index contributed by atoms with van der Waals surface area (Å²) in [5, 5.41) is 0. The van der Waals surface area contributed by atoms with E-state index in [9.17, 15) is 17.6 Å². The van der Waals surface area contributed by atoms with E-state index in [1.54, 1.807) is 6.07 Å². The van der Waals surface area contributed by atoms with Gasteiger partial charge in [-0.3, -0.25) is 10.2 Å². The summed E-state index contributed by atoms with van der Waals surface area (Å²) in [5.41, 5.74) is 2.03. The molecule has 8 nitrogen and oxygen atoms in total. The van der Waals surface area contributed by atoms with Crippen LogP contribution >= 0.6 is 0 Å². The van der Waals surface area contributed by atoms with Gasteiger partial charge in [0.25, 0.3) is 15.9 Å². The molecule has 10 heteroatoms. The molecular formula is C17H19FN2O6S. The van der Waals surface area contributed by atoms with Gasteiger partial charge in [0.1, 0.15) is 0 Å². The molecule has 0 heterocycles. The average molecular weight is 398 g/mol. The number of rotatable bonds is 8. The number of hydrogen-bond donors (Lipinski definition) is 2. The van der Waals surface area contributed by atoms with E-state index >= 15 is 0 Å². The first kappa shape index (κ1) is 20.5. The van der Waals surface area contributed by atoms with E-state index in [2.05, 4.69) is 0 Å². The number of methoxy groups -OCH3 is 2. The second-order valence-electron chi connectivity index (χ2n) is 5.30. The normalized spacial score (nSPS) is 12.1. The van der Waals surface area contributed by atoms with Crippen LogP contribution in [0.4, 0.5) is 4.39 Å². The van der Waals surface area contributed by atoms with Crippen LogP contribution in [-0.2, 0) is 14.8 Å². The van der Waals surface area contributed by atoms with Gasteiger partial charge in [-0.1, -0.05) is 12.1 Å². The number of halogens is 1. The third-order valence-electron chi connectivity index (χ3n) is 3.48. The van der Waals surface area contributed by atoms with Crippen LogP contribution in [0.1, 0.15) is 6.92 Å². The zero-order chi connectivity index (χ0) is 20.0. The molecule has 146 valence electrons. The largest absolute Gasteiger partial charge is 0.493 e. The molecule has 0 saturated heterocycles. The fourth-order valence-electron chi connectivity index (χ4n) is 2.05. The molecule has 0 aromatic heterocycles. The second kappa shape index (κ2) is 8.69. The molecule has 0 radical (unpaired) electrons. The van der Waals surface area contributed by atoms with Crippen molar-refractivity contribution in [2.75, 3.05) is 14.2 Å². The lowest BCUT2D eigenvalue weighted by Crippen LogP contribution is -2.47. The van der Waals surface area contributed by atoms with Crippen molar-refractivity contribution in [2.45, 2.75) is 17.9 Å². The Morgan fingerprint density at radius 3 is 2.33 bits per heavy atom. The van der Waals surface area contributed by atoms with Crippen LogP contribution in [0.3, 0.4) is 0 Å². The molecular weight excluding hydrogens is 379 g/mol. The molecule has 0 aliphatic carbocycles. The zero-order valence-electron chi connectivity index (χ0n) is 14.9. The SMILES string of the molecule is COc1ccc(S(=O)(=O)NNC(=O)[C@H](C)Oc2ccccc2F)cc1OC. The summed E-state index contributed by atoms with van der Waals surface area (Å²) in [4.78, 5) is 13.8. The Labute approximate surface area is 156 Å². The highest BCUT2D eigenvalue weighted by Gasteiger charge is 2.21. The molecule has 0 unspecified atom stereocenters. The lowest BCUT2D eigenvalue weighted by atomic mass is 10.3. The van der Waals surface area contributed by atoms with Crippen molar-refractivity contribution < 1.29 is 31.8 Å². The van der Waals surface area contributed by atoms with Crippen molar-refractivity contribution in [1.82, 2.24) is 10.3 Å². The standard InChI is InChI=1S/C17H19FN2O6S/c1-11(26-14-7-5-4-6-13(14)18)17(21)19-20-27(22,23)12-8-9-15(24-2)16(10-12)25-3/h4-11,20H,1-3H3,(H,19,21)/t11-/m0/s1. The van der Waals surface area contributed by atoms with Gasteiger partial charge in [-0.25, -0.2) is 12.8 Å². The number of ether oxygens (including phenoxy) is 3. The first-order valence-corrected chi connectivity index (χ1v) is 9.21. The van der Waals surface area contributed by atoms with E-state index in [-0.39, 0.29) is 16.4 Å². The summed E-state index contributed by atoms with van der Waals surface area (Å²) in [6.45, 7) is 1.35. The van der Waals surface area contributed by atoms with Gasteiger partial charge < -0.3 is 14.2 Å². The number of hydrazine groups is 1. The van der Waals surface area contributed by atoms with Crippen molar-refractivity contribution >= 4 is 15.9 Å². The highest BCUT2D eigenvalue weighted by atomic mass is 32.2. The molecule has 2 aromatic rings. The first-order valence-electron chi connectivity index (χ1n) is 7.73. The maximum atomic E-state index is 13.6. The van der Waals surface area contributed by atoms with Gasteiger partial charge in [-0.15, -0.1) is 4.83 Å². The van der Waals surface area contributed by atoms with E-state index in [1.807, 2.05) is 10.3 Å². The minimum absolute atomic E-state index is 0.122. The Kier molecular flexibility index (Phi) is 6.59. The highest BCUT2D eigenvalue weighted by Crippen LogP contribution is 2.29. The van der Waals surface area contributed by atoms with Gasteiger partial charge in [-0.2, -0.15) is 0 Å². The molecule has 0 aliphatic rings. The van der Waals surface area contributed by atoms with Crippen LogP contribution in [0, 0.1) is 5.82 Å². The van der Waals surface area contributed by atoms with Crippen molar-refractivity contribution in [1.29, 1.82) is 0 Å². The van der Waals surface area contributed by atoms with E-state index in [0.29, 0.717) is 5.75 Å². The number of para-hydroxylation sites is 1. The molecule has 2 aromatic carbocycles. The van der Waals surface area contributed by atoms with Gasteiger partial charge in [0, 0.05) is 6.07 Å². The Morgan fingerprint density at radius 1 is 1.04 bits per heavy atom. The molecule has 27 heavy (non-hydrogen) atoms. The lowest BCUT2D eigenvalue weighted by molar-refractivity contribution is -0.127. The maximum Gasteiger partial charge on any atom is 0.275 e. The number of carbonyl (C=O) groups is 1. The third-order valence-corrected chi connectivity index (χ3v) is 4.73. The van der Waals surface area contributed by atoms with Gasteiger partial charge >= 0.3 is 0 Å². The minimum Gasteiger partial charge on any atom is -0.493 e. The molecule has 2 N–H and O–H groups in total. The summed E-state index contributed by atoms with van der Waals surface area (Å²) >= 11 is 0. The molecule has 0 aliphatic heterocycles. The predicted octanol–water partition coefficient (Wildman–Crippen LogP) is 1.62. The lowest BCUT2D eigenvalue weighted by Gasteiger charge is -2.16. The summed E-state index contributed by atoms with van der Waals surface area (Å²) < 4.78 is 53.5.